The van der Waals surface area contributed by atoms with E-state index in [2.05, 4.69) is 10.3 Å². The van der Waals surface area contributed by atoms with Gasteiger partial charge in [-0.3, -0.25) is 4.79 Å². The summed E-state index contributed by atoms with van der Waals surface area (Å²) >= 11 is 1.36. The first-order valence-corrected chi connectivity index (χ1v) is 6.99. The largest absolute Gasteiger partial charge is 0.383 e. The molecular weight excluding hydrogens is 280 g/mol. The topological polar surface area (TPSA) is 74.8 Å². The van der Waals surface area contributed by atoms with Crippen molar-refractivity contribution in [1.29, 1.82) is 0 Å². The van der Waals surface area contributed by atoms with Gasteiger partial charge in [-0.05, 0) is 6.92 Å². The van der Waals surface area contributed by atoms with E-state index in [1.165, 1.54) is 21.1 Å². The Hall–Kier alpha value is -1.67. The summed E-state index contributed by atoms with van der Waals surface area (Å²) in [4.78, 5) is 30.9. The number of aromatic nitrogens is 1. The van der Waals surface area contributed by atoms with E-state index in [0.29, 0.717) is 18.3 Å². The van der Waals surface area contributed by atoms with Crippen LogP contribution in [0.15, 0.2) is 5.38 Å². The number of rotatable bonds is 6. The van der Waals surface area contributed by atoms with Crippen molar-refractivity contribution in [2.75, 3.05) is 46.2 Å². The molecule has 0 unspecified atom stereocenters. The predicted octanol–water partition coefficient (Wildman–Crippen LogP) is 1.02. The normalized spacial score (nSPS) is 10.2. The van der Waals surface area contributed by atoms with E-state index in [0.717, 1.165) is 5.69 Å². The van der Waals surface area contributed by atoms with Crippen LogP contribution in [-0.4, -0.2) is 67.6 Å². The number of aryl methyl sites for hydroxylation is 1. The van der Waals surface area contributed by atoms with E-state index in [1.807, 2.05) is 12.3 Å². The van der Waals surface area contributed by atoms with Gasteiger partial charge in [0.15, 0.2) is 5.13 Å². The third kappa shape index (κ3) is 5.14. The second-order valence-corrected chi connectivity index (χ2v) is 5.29. The van der Waals surface area contributed by atoms with Gasteiger partial charge < -0.3 is 19.9 Å². The molecule has 8 heteroatoms. The van der Waals surface area contributed by atoms with E-state index in [1.54, 1.807) is 21.2 Å². The fourth-order valence-corrected chi connectivity index (χ4v) is 2.17. The molecule has 1 heterocycles. The molecule has 0 aliphatic carbocycles. The second-order valence-electron chi connectivity index (χ2n) is 4.43. The van der Waals surface area contributed by atoms with E-state index in [9.17, 15) is 9.59 Å². The first kappa shape index (κ1) is 16.4. The second kappa shape index (κ2) is 7.81. The molecule has 0 aliphatic heterocycles. The summed E-state index contributed by atoms with van der Waals surface area (Å²) in [6.07, 6.45) is 0. The smallest absolute Gasteiger partial charge is 0.320 e. The summed E-state index contributed by atoms with van der Waals surface area (Å²) in [5, 5.41) is 5.07. The third-order valence-corrected chi connectivity index (χ3v) is 3.29. The van der Waals surface area contributed by atoms with Crippen LogP contribution in [0.2, 0.25) is 0 Å². The van der Waals surface area contributed by atoms with Crippen LogP contribution in [0.4, 0.5) is 9.93 Å². The van der Waals surface area contributed by atoms with Crippen LogP contribution in [0, 0.1) is 6.92 Å². The summed E-state index contributed by atoms with van der Waals surface area (Å²) in [6.45, 7) is 2.56. The van der Waals surface area contributed by atoms with Crippen molar-refractivity contribution in [2.45, 2.75) is 6.92 Å². The minimum atomic E-state index is -0.273. The summed E-state index contributed by atoms with van der Waals surface area (Å²) in [5.74, 6) is -0.273. The average Bonchev–Trinajstić information content (AvgIpc) is 2.78. The Morgan fingerprint density at radius 1 is 1.45 bits per heavy atom. The lowest BCUT2D eigenvalue weighted by atomic mass is 10.4. The van der Waals surface area contributed by atoms with Gasteiger partial charge in [0.1, 0.15) is 6.54 Å². The quantitative estimate of drug-likeness (QED) is 0.851. The molecule has 0 spiro atoms. The molecule has 20 heavy (non-hydrogen) atoms. The number of hydrogen-bond acceptors (Lipinski definition) is 5. The van der Waals surface area contributed by atoms with Crippen LogP contribution < -0.4 is 5.32 Å². The Morgan fingerprint density at radius 3 is 2.65 bits per heavy atom. The molecular formula is C12H20N4O3S. The molecule has 0 bridgehead atoms. The van der Waals surface area contributed by atoms with Crippen molar-refractivity contribution in [1.82, 2.24) is 14.8 Å². The highest BCUT2D eigenvalue weighted by molar-refractivity contribution is 7.13. The van der Waals surface area contributed by atoms with Gasteiger partial charge >= 0.3 is 6.03 Å². The number of nitrogens with one attached hydrogen (secondary N) is 1. The molecule has 112 valence electrons. The van der Waals surface area contributed by atoms with Crippen molar-refractivity contribution in [3.63, 3.8) is 0 Å². The number of carbonyl (C=O) groups is 2. The molecule has 3 amide bonds. The maximum atomic E-state index is 11.9. The minimum Gasteiger partial charge on any atom is -0.383 e. The Morgan fingerprint density at radius 2 is 2.15 bits per heavy atom. The zero-order chi connectivity index (χ0) is 15.1. The first-order chi connectivity index (χ1) is 9.43. The van der Waals surface area contributed by atoms with E-state index < -0.39 is 0 Å². The van der Waals surface area contributed by atoms with Crippen LogP contribution in [-0.2, 0) is 9.53 Å². The summed E-state index contributed by atoms with van der Waals surface area (Å²) < 4.78 is 4.95. The number of nitrogens with zero attached hydrogens (tertiary/aromatic N) is 3. The van der Waals surface area contributed by atoms with Crippen molar-refractivity contribution >= 4 is 28.4 Å². The average molecular weight is 300 g/mol. The van der Waals surface area contributed by atoms with E-state index in [4.69, 9.17) is 4.74 Å². The Kier molecular flexibility index (Phi) is 6.40. The summed E-state index contributed by atoms with van der Waals surface area (Å²) in [7, 11) is 4.84. The SMILES string of the molecule is COCCN(CC(=O)Nc1nc(C)cs1)C(=O)N(C)C. The lowest BCUT2D eigenvalue weighted by Gasteiger charge is -2.25. The molecule has 7 nitrogen and oxygen atoms in total. The first-order valence-electron chi connectivity index (χ1n) is 6.11. The van der Waals surface area contributed by atoms with E-state index >= 15 is 0 Å². The molecule has 0 fully saturated rings. The van der Waals surface area contributed by atoms with Crippen LogP contribution >= 0.6 is 11.3 Å². The van der Waals surface area contributed by atoms with Gasteiger partial charge in [-0.2, -0.15) is 0 Å². The maximum absolute atomic E-state index is 11.9. The number of amides is 3. The molecule has 0 atom stereocenters. The van der Waals surface area contributed by atoms with Gasteiger partial charge in [0, 0.05) is 33.1 Å². The molecule has 0 aliphatic rings. The highest BCUT2D eigenvalue weighted by atomic mass is 32.1. The Balaban J connectivity index is 2.59. The maximum Gasteiger partial charge on any atom is 0.320 e. The van der Waals surface area contributed by atoms with Gasteiger partial charge in [-0.1, -0.05) is 0 Å². The molecule has 1 rings (SSSR count). The third-order valence-electron chi connectivity index (χ3n) is 2.42. The fourth-order valence-electron chi connectivity index (χ4n) is 1.47. The predicted molar refractivity (Wildman–Crippen MR) is 78.0 cm³/mol. The van der Waals surface area contributed by atoms with Crippen LogP contribution in [0.5, 0.6) is 0 Å². The molecule has 0 saturated carbocycles. The Labute approximate surface area is 122 Å². The van der Waals surface area contributed by atoms with Crippen LogP contribution in [0.25, 0.3) is 0 Å². The van der Waals surface area contributed by atoms with Crippen molar-refractivity contribution < 1.29 is 14.3 Å². The lowest BCUT2D eigenvalue weighted by Crippen LogP contribution is -2.44. The molecule has 1 aromatic heterocycles. The van der Waals surface area contributed by atoms with Gasteiger partial charge in [0.05, 0.1) is 12.3 Å². The zero-order valence-electron chi connectivity index (χ0n) is 12.2. The van der Waals surface area contributed by atoms with Gasteiger partial charge in [-0.25, -0.2) is 9.78 Å². The number of anilines is 1. The minimum absolute atomic E-state index is 0.0288. The molecule has 0 radical (unpaired) electrons. The van der Waals surface area contributed by atoms with Crippen molar-refractivity contribution in [3.8, 4) is 0 Å². The monoisotopic (exact) mass is 300 g/mol. The number of thiazole rings is 1. The summed E-state index contributed by atoms with van der Waals surface area (Å²) in [6, 6.07) is -0.229. The highest BCUT2D eigenvalue weighted by Gasteiger charge is 2.19. The van der Waals surface area contributed by atoms with Crippen molar-refractivity contribution in [2.24, 2.45) is 0 Å². The van der Waals surface area contributed by atoms with Gasteiger partial charge in [0.25, 0.3) is 0 Å². The number of methoxy groups -OCH3 is 1. The lowest BCUT2D eigenvalue weighted by molar-refractivity contribution is -0.117. The van der Waals surface area contributed by atoms with Gasteiger partial charge in [0.2, 0.25) is 5.91 Å². The van der Waals surface area contributed by atoms with Gasteiger partial charge in [-0.15, -0.1) is 11.3 Å². The highest BCUT2D eigenvalue weighted by Crippen LogP contribution is 2.14. The Bertz CT molecular complexity index is 461. The molecule has 0 aromatic carbocycles. The number of hydrogen-bond donors (Lipinski definition) is 1. The number of ether oxygens (including phenoxy) is 1. The van der Waals surface area contributed by atoms with Crippen LogP contribution in [0.1, 0.15) is 5.69 Å². The zero-order valence-corrected chi connectivity index (χ0v) is 13.0. The molecule has 1 aromatic rings. The number of carbonyl (C=O) groups excluding carboxylic acids is 2. The van der Waals surface area contributed by atoms with Crippen molar-refractivity contribution in [3.05, 3.63) is 11.1 Å². The standard InChI is InChI=1S/C12H20N4O3S/c1-9-8-20-11(13-9)14-10(17)7-16(5-6-19-4)12(18)15(2)3/h8H,5-7H2,1-4H3,(H,13,14,17). The van der Waals surface area contributed by atoms with E-state index in [-0.39, 0.29) is 18.5 Å². The molecule has 1 N–H and O–H groups in total. The summed E-state index contributed by atoms with van der Waals surface area (Å²) in [5.41, 5.74) is 0.853. The van der Waals surface area contributed by atoms with Crippen LogP contribution in [0.3, 0.4) is 0 Å². The number of urea groups is 1. The molecule has 0 saturated heterocycles. The fraction of sp³-hybridized carbons (Fsp3) is 0.583.